The lowest BCUT2D eigenvalue weighted by atomic mass is 10.1. The van der Waals surface area contributed by atoms with Crippen molar-refractivity contribution >= 4 is 27.8 Å². The molecule has 0 spiro atoms. The van der Waals surface area contributed by atoms with Crippen LogP contribution in [0.1, 0.15) is 11.1 Å². The third-order valence-corrected chi connectivity index (χ3v) is 3.82. The Morgan fingerprint density at radius 2 is 2.00 bits per heavy atom. The van der Waals surface area contributed by atoms with Gasteiger partial charge in [0.1, 0.15) is 5.82 Å². The molecule has 108 valence electrons. The normalized spacial score (nSPS) is 11.1. The van der Waals surface area contributed by atoms with Crippen molar-refractivity contribution in [3.63, 3.8) is 0 Å². The van der Waals surface area contributed by atoms with E-state index in [1.165, 1.54) is 11.1 Å². The van der Waals surface area contributed by atoms with Crippen molar-refractivity contribution in [2.75, 3.05) is 5.32 Å². The standard InChI is InChI=1S/C17H15N5/c1-11-4-2-3-5-12(11)8-19-17-10-18-15-7-14-13(9-20-22-14)6-16(15)21-17/h2-7,9-10H,8H2,1H3,(H,19,21)(H,20,22). The Balaban J connectivity index is 1.64. The van der Waals surface area contributed by atoms with E-state index in [1.807, 2.05) is 24.3 Å². The highest BCUT2D eigenvalue weighted by molar-refractivity contribution is 5.92. The van der Waals surface area contributed by atoms with Crippen LogP contribution in [0.4, 0.5) is 5.82 Å². The van der Waals surface area contributed by atoms with Crippen LogP contribution < -0.4 is 5.32 Å². The molecular weight excluding hydrogens is 274 g/mol. The molecule has 0 bridgehead atoms. The minimum atomic E-state index is 0.737. The Morgan fingerprint density at radius 3 is 2.91 bits per heavy atom. The summed E-state index contributed by atoms with van der Waals surface area (Å²) >= 11 is 0. The summed E-state index contributed by atoms with van der Waals surface area (Å²) in [5, 5.41) is 11.4. The highest BCUT2D eigenvalue weighted by Gasteiger charge is 2.04. The van der Waals surface area contributed by atoms with Crippen LogP contribution >= 0.6 is 0 Å². The molecule has 2 aromatic carbocycles. The number of hydrogen-bond acceptors (Lipinski definition) is 4. The summed E-state index contributed by atoms with van der Waals surface area (Å²) < 4.78 is 0. The summed E-state index contributed by atoms with van der Waals surface area (Å²) in [6, 6.07) is 12.3. The Kier molecular flexibility index (Phi) is 2.96. The molecule has 0 atom stereocenters. The van der Waals surface area contributed by atoms with E-state index in [4.69, 9.17) is 0 Å². The highest BCUT2D eigenvalue weighted by atomic mass is 15.1. The van der Waals surface area contributed by atoms with E-state index in [9.17, 15) is 0 Å². The molecule has 0 amide bonds. The molecule has 4 rings (SSSR count). The Bertz CT molecular complexity index is 958. The SMILES string of the molecule is Cc1ccccc1CNc1cnc2cc3[nH]ncc3cc2n1. The van der Waals surface area contributed by atoms with Gasteiger partial charge in [-0.1, -0.05) is 24.3 Å². The maximum absolute atomic E-state index is 4.63. The van der Waals surface area contributed by atoms with Gasteiger partial charge in [-0.2, -0.15) is 5.10 Å². The zero-order chi connectivity index (χ0) is 14.9. The summed E-state index contributed by atoms with van der Waals surface area (Å²) in [7, 11) is 0. The molecule has 5 nitrogen and oxygen atoms in total. The molecule has 0 saturated carbocycles. The monoisotopic (exact) mass is 289 g/mol. The van der Waals surface area contributed by atoms with Crippen LogP contribution in [-0.4, -0.2) is 20.2 Å². The van der Waals surface area contributed by atoms with Crippen LogP contribution in [0.3, 0.4) is 0 Å². The predicted molar refractivity (Wildman–Crippen MR) is 87.7 cm³/mol. The van der Waals surface area contributed by atoms with Gasteiger partial charge in [-0.05, 0) is 30.2 Å². The molecule has 0 radical (unpaired) electrons. The van der Waals surface area contributed by atoms with Crippen molar-refractivity contribution in [2.45, 2.75) is 13.5 Å². The average molecular weight is 289 g/mol. The van der Waals surface area contributed by atoms with Crippen LogP contribution in [0.2, 0.25) is 0 Å². The second-order valence-corrected chi connectivity index (χ2v) is 5.33. The summed E-state index contributed by atoms with van der Waals surface area (Å²) in [6.07, 6.45) is 3.56. The molecule has 0 saturated heterocycles. The van der Waals surface area contributed by atoms with E-state index in [1.54, 1.807) is 12.4 Å². The first-order chi connectivity index (χ1) is 10.8. The molecule has 2 aromatic heterocycles. The van der Waals surface area contributed by atoms with Gasteiger partial charge in [0.2, 0.25) is 0 Å². The number of fused-ring (bicyclic) bond motifs is 2. The lowest BCUT2D eigenvalue weighted by Crippen LogP contribution is -2.03. The molecule has 0 fully saturated rings. The molecular formula is C17H15N5. The molecule has 0 aliphatic carbocycles. The number of anilines is 1. The number of aromatic amines is 1. The van der Waals surface area contributed by atoms with Gasteiger partial charge in [-0.3, -0.25) is 10.1 Å². The van der Waals surface area contributed by atoms with Gasteiger partial charge in [-0.25, -0.2) is 4.98 Å². The second-order valence-electron chi connectivity index (χ2n) is 5.33. The fourth-order valence-electron chi connectivity index (χ4n) is 2.53. The Hall–Kier alpha value is -2.95. The Morgan fingerprint density at radius 1 is 1.09 bits per heavy atom. The number of H-pyrrole nitrogens is 1. The van der Waals surface area contributed by atoms with E-state index in [2.05, 4.69) is 44.5 Å². The minimum Gasteiger partial charge on any atom is -0.365 e. The highest BCUT2D eigenvalue weighted by Crippen LogP contribution is 2.19. The predicted octanol–water partition coefficient (Wildman–Crippen LogP) is 3.43. The van der Waals surface area contributed by atoms with Crippen molar-refractivity contribution in [2.24, 2.45) is 0 Å². The summed E-state index contributed by atoms with van der Waals surface area (Å²) in [4.78, 5) is 9.11. The van der Waals surface area contributed by atoms with Gasteiger partial charge in [0, 0.05) is 11.9 Å². The number of rotatable bonds is 3. The minimum absolute atomic E-state index is 0.737. The van der Waals surface area contributed by atoms with Gasteiger partial charge >= 0.3 is 0 Å². The maximum Gasteiger partial charge on any atom is 0.145 e. The smallest absolute Gasteiger partial charge is 0.145 e. The van der Waals surface area contributed by atoms with Crippen molar-refractivity contribution < 1.29 is 0 Å². The van der Waals surface area contributed by atoms with Crippen molar-refractivity contribution in [3.05, 3.63) is 59.9 Å². The molecule has 5 heteroatoms. The van der Waals surface area contributed by atoms with Crippen LogP contribution in [-0.2, 0) is 6.54 Å². The van der Waals surface area contributed by atoms with Crippen LogP contribution in [0.5, 0.6) is 0 Å². The van der Waals surface area contributed by atoms with E-state index in [0.29, 0.717) is 0 Å². The molecule has 2 heterocycles. The number of nitrogens with one attached hydrogen (secondary N) is 2. The van der Waals surface area contributed by atoms with Gasteiger partial charge in [0.25, 0.3) is 0 Å². The number of aromatic nitrogens is 4. The number of aryl methyl sites for hydroxylation is 1. The molecule has 0 unspecified atom stereocenters. The fraction of sp³-hybridized carbons (Fsp3) is 0.118. The van der Waals surface area contributed by atoms with Gasteiger partial charge in [0.05, 0.1) is 28.9 Å². The quantitative estimate of drug-likeness (QED) is 0.606. The van der Waals surface area contributed by atoms with E-state index in [0.717, 1.165) is 34.3 Å². The lowest BCUT2D eigenvalue weighted by Gasteiger charge is -2.08. The number of nitrogens with zero attached hydrogens (tertiary/aromatic N) is 3. The van der Waals surface area contributed by atoms with Crippen molar-refractivity contribution in [1.82, 2.24) is 20.2 Å². The summed E-state index contributed by atoms with van der Waals surface area (Å²) in [6.45, 7) is 2.85. The third kappa shape index (κ3) is 2.26. The van der Waals surface area contributed by atoms with Crippen LogP contribution in [0.25, 0.3) is 21.9 Å². The number of benzene rings is 2. The maximum atomic E-state index is 4.63. The van der Waals surface area contributed by atoms with E-state index >= 15 is 0 Å². The lowest BCUT2D eigenvalue weighted by molar-refractivity contribution is 1.09. The first-order valence-electron chi connectivity index (χ1n) is 7.18. The topological polar surface area (TPSA) is 66.5 Å². The molecule has 22 heavy (non-hydrogen) atoms. The first kappa shape index (κ1) is 12.8. The van der Waals surface area contributed by atoms with E-state index in [-0.39, 0.29) is 0 Å². The zero-order valence-electron chi connectivity index (χ0n) is 12.2. The third-order valence-electron chi connectivity index (χ3n) is 3.82. The van der Waals surface area contributed by atoms with Crippen LogP contribution in [0.15, 0.2) is 48.8 Å². The summed E-state index contributed by atoms with van der Waals surface area (Å²) in [5.41, 5.74) is 5.22. The molecule has 0 aliphatic heterocycles. The fourth-order valence-corrected chi connectivity index (χ4v) is 2.53. The summed E-state index contributed by atoms with van der Waals surface area (Å²) in [5.74, 6) is 0.776. The molecule has 0 aliphatic rings. The number of hydrogen-bond donors (Lipinski definition) is 2. The zero-order valence-corrected chi connectivity index (χ0v) is 12.2. The first-order valence-corrected chi connectivity index (χ1v) is 7.18. The molecule has 4 aromatic rings. The molecule has 2 N–H and O–H groups in total. The van der Waals surface area contributed by atoms with Crippen LogP contribution in [0, 0.1) is 6.92 Å². The second kappa shape index (κ2) is 5.11. The van der Waals surface area contributed by atoms with E-state index < -0.39 is 0 Å². The van der Waals surface area contributed by atoms with Crippen molar-refractivity contribution in [1.29, 1.82) is 0 Å². The van der Waals surface area contributed by atoms with Gasteiger partial charge < -0.3 is 5.32 Å². The largest absolute Gasteiger partial charge is 0.365 e. The average Bonchev–Trinajstić information content (AvgIpc) is 2.99. The van der Waals surface area contributed by atoms with Crippen molar-refractivity contribution in [3.8, 4) is 0 Å². The van der Waals surface area contributed by atoms with Gasteiger partial charge in [0.15, 0.2) is 0 Å². The Labute approximate surface area is 127 Å². The van der Waals surface area contributed by atoms with Gasteiger partial charge in [-0.15, -0.1) is 0 Å².